The standard InChI is InChI=1S/C12H14F3O5P/c1-18-21(17,19-2)8-10(16)7-20-11-5-3-4-9(6-11)12(13,14)15/h3-6H,7-8H2,1-2H3. The largest absolute Gasteiger partial charge is 0.486 e. The van der Waals surface area contributed by atoms with Crippen molar-refractivity contribution in [2.24, 2.45) is 0 Å². The highest BCUT2D eigenvalue weighted by Crippen LogP contribution is 2.45. The highest BCUT2D eigenvalue weighted by atomic mass is 31.2. The van der Waals surface area contributed by atoms with Crippen molar-refractivity contribution in [2.45, 2.75) is 6.18 Å². The molecule has 0 bridgehead atoms. The van der Waals surface area contributed by atoms with Gasteiger partial charge in [-0.3, -0.25) is 9.36 Å². The minimum Gasteiger partial charge on any atom is -0.486 e. The lowest BCUT2D eigenvalue weighted by Gasteiger charge is -2.13. The molecule has 1 aromatic rings. The first-order chi connectivity index (χ1) is 9.70. The summed E-state index contributed by atoms with van der Waals surface area (Å²) in [6.07, 6.45) is -5.01. The number of benzene rings is 1. The number of carbonyl (C=O) groups is 1. The van der Waals surface area contributed by atoms with E-state index >= 15 is 0 Å². The molecule has 0 saturated carbocycles. The number of hydrogen-bond donors (Lipinski definition) is 0. The van der Waals surface area contributed by atoms with Crippen molar-refractivity contribution in [3.8, 4) is 5.75 Å². The van der Waals surface area contributed by atoms with E-state index in [0.29, 0.717) is 0 Å². The van der Waals surface area contributed by atoms with Crippen LogP contribution in [-0.2, 0) is 24.6 Å². The van der Waals surface area contributed by atoms with Gasteiger partial charge in [0.05, 0.1) is 5.56 Å². The van der Waals surface area contributed by atoms with Crippen molar-refractivity contribution < 1.29 is 36.3 Å². The van der Waals surface area contributed by atoms with Gasteiger partial charge in [0.1, 0.15) is 18.5 Å². The van der Waals surface area contributed by atoms with Gasteiger partial charge in [0.2, 0.25) is 0 Å². The molecule has 5 nitrogen and oxygen atoms in total. The molecule has 0 N–H and O–H groups in total. The number of Topliss-reactive ketones (excluding diaryl/α,β-unsaturated/α-hetero) is 1. The molecule has 1 rings (SSSR count). The van der Waals surface area contributed by atoms with Crippen molar-refractivity contribution >= 4 is 13.4 Å². The highest BCUT2D eigenvalue weighted by Gasteiger charge is 2.31. The zero-order valence-corrected chi connectivity index (χ0v) is 12.2. The second kappa shape index (κ2) is 7.06. The lowest BCUT2D eigenvalue weighted by Crippen LogP contribution is -2.17. The van der Waals surface area contributed by atoms with Crippen molar-refractivity contribution in [3.05, 3.63) is 29.8 Å². The fourth-order valence-corrected chi connectivity index (χ4v) is 2.32. The summed E-state index contributed by atoms with van der Waals surface area (Å²) in [5, 5.41) is 0. The van der Waals surface area contributed by atoms with E-state index in [0.717, 1.165) is 32.4 Å². The Morgan fingerprint density at radius 2 is 1.86 bits per heavy atom. The van der Waals surface area contributed by atoms with Gasteiger partial charge in [0.25, 0.3) is 0 Å². The van der Waals surface area contributed by atoms with Crippen LogP contribution in [0.1, 0.15) is 5.56 Å². The SMILES string of the molecule is COP(=O)(CC(=O)COc1cccc(C(F)(F)F)c1)OC. The maximum Gasteiger partial charge on any atom is 0.416 e. The molecular formula is C12H14F3O5P. The minimum absolute atomic E-state index is 0.108. The van der Waals surface area contributed by atoms with Crippen LogP contribution in [0.2, 0.25) is 0 Å². The summed E-state index contributed by atoms with van der Waals surface area (Å²) in [7, 11) is -1.24. The van der Waals surface area contributed by atoms with Crippen molar-refractivity contribution in [1.29, 1.82) is 0 Å². The molecule has 0 spiro atoms. The molecule has 118 valence electrons. The molecule has 0 aromatic heterocycles. The monoisotopic (exact) mass is 326 g/mol. The van der Waals surface area contributed by atoms with Crippen LogP contribution >= 0.6 is 7.60 Å². The number of hydrogen-bond acceptors (Lipinski definition) is 5. The van der Waals surface area contributed by atoms with Crippen LogP contribution in [0.3, 0.4) is 0 Å². The zero-order chi connectivity index (χ0) is 16.1. The van der Waals surface area contributed by atoms with Gasteiger partial charge in [-0.15, -0.1) is 0 Å². The van der Waals surface area contributed by atoms with E-state index in [1.165, 1.54) is 6.07 Å². The second-order valence-electron chi connectivity index (χ2n) is 3.99. The number of rotatable bonds is 7. The summed E-state index contributed by atoms with van der Waals surface area (Å²) in [5.74, 6) is -0.720. The van der Waals surface area contributed by atoms with Gasteiger partial charge in [-0.25, -0.2) is 0 Å². The van der Waals surface area contributed by atoms with Crippen LogP contribution in [0.25, 0.3) is 0 Å². The van der Waals surface area contributed by atoms with Gasteiger partial charge in [0, 0.05) is 14.2 Å². The van der Waals surface area contributed by atoms with Crippen LogP contribution in [0.4, 0.5) is 13.2 Å². The lowest BCUT2D eigenvalue weighted by atomic mass is 10.2. The number of ether oxygens (including phenoxy) is 1. The van der Waals surface area contributed by atoms with Gasteiger partial charge < -0.3 is 13.8 Å². The molecule has 1 aromatic carbocycles. The van der Waals surface area contributed by atoms with Gasteiger partial charge in [-0.05, 0) is 18.2 Å². The van der Waals surface area contributed by atoms with Gasteiger partial charge in [-0.1, -0.05) is 6.07 Å². The summed E-state index contributed by atoms with van der Waals surface area (Å²) in [6.45, 7) is -0.530. The number of halogens is 3. The van der Waals surface area contributed by atoms with E-state index < -0.39 is 37.9 Å². The van der Waals surface area contributed by atoms with E-state index in [1.807, 2.05) is 0 Å². The normalized spacial score (nSPS) is 12.2. The molecule has 0 fully saturated rings. The quantitative estimate of drug-likeness (QED) is 0.720. The lowest BCUT2D eigenvalue weighted by molar-refractivity contribution is -0.137. The Morgan fingerprint density at radius 3 is 2.38 bits per heavy atom. The predicted molar refractivity (Wildman–Crippen MR) is 68.4 cm³/mol. The number of ketones is 1. The number of carbonyl (C=O) groups excluding carboxylic acids is 1. The minimum atomic E-state index is -4.49. The van der Waals surface area contributed by atoms with Crippen LogP contribution in [0, 0.1) is 0 Å². The van der Waals surface area contributed by atoms with Crippen LogP contribution in [0.5, 0.6) is 5.75 Å². The molecule has 0 aliphatic heterocycles. The molecule has 0 amide bonds. The third kappa shape index (κ3) is 5.49. The zero-order valence-electron chi connectivity index (χ0n) is 11.3. The molecule has 0 atom stereocenters. The van der Waals surface area contributed by atoms with E-state index in [2.05, 4.69) is 9.05 Å². The summed E-state index contributed by atoms with van der Waals surface area (Å²) in [6, 6.07) is 4.12. The van der Waals surface area contributed by atoms with Gasteiger partial charge >= 0.3 is 13.8 Å². The molecule has 0 heterocycles. The molecule has 0 aliphatic rings. The molecule has 21 heavy (non-hydrogen) atoms. The molecule has 0 unspecified atom stereocenters. The maximum absolute atomic E-state index is 12.5. The fourth-order valence-electron chi connectivity index (χ4n) is 1.39. The van der Waals surface area contributed by atoms with E-state index in [1.54, 1.807) is 0 Å². The molecule has 9 heteroatoms. The van der Waals surface area contributed by atoms with Crippen LogP contribution in [0.15, 0.2) is 24.3 Å². The highest BCUT2D eigenvalue weighted by molar-refractivity contribution is 7.54. The molecule has 0 aliphatic carbocycles. The van der Waals surface area contributed by atoms with E-state index in [4.69, 9.17) is 4.74 Å². The smallest absolute Gasteiger partial charge is 0.416 e. The summed E-state index contributed by atoms with van der Waals surface area (Å²) in [4.78, 5) is 11.6. The Morgan fingerprint density at radius 1 is 1.24 bits per heavy atom. The molecular weight excluding hydrogens is 312 g/mol. The Bertz CT molecular complexity index is 536. The van der Waals surface area contributed by atoms with Crippen molar-refractivity contribution in [1.82, 2.24) is 0 Å². The Hall–Kier alpha value is -1.37. The predicted octanol–water partition coefficient (Wildman–Crippen LogP) is 3.14. The van der Waals surface area contributed by atoms with Gasteiger partial charge in [0.15, 0.2) is 5.78 Å². The van der Waals surface area contributed by atoms with Crippen molar-refractivity contribution in [2.75, 3.05) is 27.0 Å². The van der Waals surface area contributed by atoms with E-state index in [-0.39, 0.29) is 5.75 Å². The molecule has 0 radical (unpaired) electrons. The Balaban J connectivity index is 2.64. The first kappa shape index (κ1) is 17.7. The topological polar surface area (TPSA) is 61.8 Å². The summed E-state index contributed by atoms with van der Waals surface area (Å²) in [5.41, 5.74) is -0.882. The molecule has 0 saturated heterocycles. The van der Waals surface area contributed by atoms with Gasteiger partial charge in [-0.2, -0.15) is 13.2 Å². The van der Waals surface area contributed by atoms with Crippen LogP contribution in [-0.4, -0.2) is 32.8 Å². The second-order valence-corrected chi connectivity index (χ2v) is 6.26. The summed E-state index contributed by atoms with van der Waals surface area (Å²) < 4.78 is 63.3. The third-order valence-corrected chi connectivity index (χ3v) is 4.34. The average molecular weight is 326 g/mol. The van der Waals surface area contributed by atoms with Crippen molar-refractivity contribution in [3.63, 3.8) is 0 Å². The third-order valence-electron chi connectivity index (χ3n) is 2.49. The van der Waals surface area contributed by atoms with E-state index in [9.17, 15) is 22.5 Å². The van der Waals surface area contributed by atoms with Crippen LogP contribution < -0.4 is 4.74 Å². The Kier molecular flexibility index (Phi) is 5.95. The first-order valence-electron chi connectivity index (χ1n) is 5.72. The Labute approximate surface area is 119 Å². The first-order valence-corrected chi connectivity index (χ1v) is 7.45. The number of alkyl halides is 3. The maximum atomic E-state index is 12.5. The average Bonchev–Trinajstić information content (AvgIpc) is 2.44. The fraction of sp³-hybridized carbons (Fsp3) is 0.417. The summed E-state index contributed by atoms with van der Waals surface area (Å²) >= 11 is 0.